The van der Waals surface area contributed by atoms with E-state index in [1.165, 1.54) is 0 Å². The Kier molecular flexibility index (Phi) is 8.78. The van der Waals surface area contributed by atoms with Crippen LogP contribution in [0.2, 0.25) is 0 Å². The van der Waals surface area contributed by atoms with Gasteiger partial charge in [0, 0.05) is 6.54 Å². The maximum absolute atomic E-state index is 5.32. The monoisotopic (exact) mass is 240 g/mol. The van der Waals surface area contributed by atoms with Gasteiger partial charge in [0.05, 0.1) is 0 Å². The zero-order valence-corrected chi connectivity index (χ0v) is 10.5. The number of halogens is 2. The van der Waals surface area contributed by atoms with Gasteiger partial charge in [-0.15, -0.1) is 0 Å². The van der Waals surface area contributed by atoms with E-state index < -0.39 is 15.1 Å². The van der Waals surface area contributed by atoms with E-state index in [2.05, 4.69) is 6.07 Å². The average Bonchev–Trinajstić information content (AvgIpc) is 2.08. The molecule has 4 heteroatoms. The van der Waals surface area contributed by atoms with Crippen molar-refractivity contribution < 1.29 is 15.1 Å². The molecule has 1 rings (SSSR count). The van der Waals surface area contributed by atoms with Gasteiger partial charge >= 0.3 is 34.5 Å². The summed E-state index contributed by atoms with van der Waals surface area (Å²) in [6, 6.07) is 10.7. The van der Waals surface area contributed by atoms with Gasteiger partial charge in [-0.2, -0.15) is 0 Å². The fraction of sp³-hybridized carbons (Fsp3) is 0.143. The van der Waals surface area contributed by atoms with Crippen molar-refractivity contribution >= 4 is 19.4 Å². The summed E-state index contributed by atoms with van der Waals surface area (Å²) in [5.74, 6) is 0. The first kappa shape index (κ1) is 11.4. The van der Waals surface area contributed by atoms with E-state index in [0.29, 0.717) is 6.54 Å². The number of benzene rings is 1. The Balaban J connectivity index is 0.000000292. The molecule has 0 unspecified atom stereocenters. The van der Waals surface area contributed by atoms with E-state index >= 15 is 0 Å². The maximum atomic E-state index is 5.32. The third-order valence-corrected chi connectivity index (χ3v) is 0.993. The fourth-order valence-electron chi connectivity index (χ4n) is 0.557. The summed E-state index contributed by atoms with van der Waals surface area (Å²) in [5, 5.41) is 0. The Morgan fingerprint density at radius 2 is 2.09 bits per heavy atom. The molecular formula is C7H8Cl2NZn. The van der Waals surface area contributed by atoms with Crippen molar-refractivity contribution in [3.8, 4) is 0 Å². The van der Waals surface area contributed by atoms with Gasteiger partial charge in [-0.05, 0) is 11.6 Å². The summed E-state index contributed by atoms with van der Waals surface area (Å²) in [7, 11) is 9.90. The first-order valence-corrected chi connectivity index (χ1v) is 10.9. The molecule has 0 amide bonds. The Labute approximate surface area is 82.6 Å². The van der Waals surface area contributed by atoms with Crippen molar-refractivity contribution in [2.45, 2.75) is 6.54 Å². The summed E-state index contributed by atoms with van der Waals surface area (Å²) in [6.07, 6.45) is 0. The number of rotatable bonds is 1. The van der Waals surface area contributed by atoms with Crippen LogP contribution >= 0.6 is 19.4 Å². The van der Waals surface area contributed by atoms with Gasteiger partial charge in [0.25, 0.3) is 0 Å². The van der Waals surface area contributed by atoms with Crippen LogP contribution in [0, 0.1) is 6.07 Å². The second-order valence-electron chi connectivity index (χ2n) is 1.69. The van der Waals surface area contributed by atoms with Crippen LogP contribution in [0.3, 0.4) is 0 Å². The second-order valence-corrected chi connectivity index (χ2v) is 6.32. The van der Waals surface area contributed by atoms with Gasteiger partial charge in [-0.25, -0.2) is 0 Å². The molecule has 0 spiro atoms. The Morgan fingerprint density at radius 1 is 1.45 bits per heavy atom. The Bertz CT molecular complexity index is 169. The SMILES string of the molecule is NCc1[c]cccc1.[Cl][Zn][Cl]. The third-order valence-electron chi connectivity index (χ3n) is 0.993. The molecule has 0 heterocycles. The zero-order chi connectivity index (χ0) is 8.53. The summed E-state index contributed by atoms with van der Waals surface area (Å²) in [4.78, 5) is 0. The van der Waals surface area contributed by atoms with Gasteiger partial charge < -0.3 is 5.73 Å². The molecule has 0 fully saturated rings. The van der Waals surface area contributed by atoms with E-state index in [-0.39, 0.29) is 0 Å². The molecule has 1 nitrogen and oxygen atoms in total. The fourth-order valence-corrected chi connectivity index (χ4v) is 0.557. The topological polar surface area (TPSA) is 26.0 Å². The molecule has 2 N–H and O–H groups in total. The molecule has 0 bridgehead atoms. The Morgan fingerprint density at radius 3 is 2.36 bits per heavy atom. The molecule has 11 heavy (non-hydrogen) atoms. The first-order chi connectivity index (χ1) is 5.35. The summed E-state index contributed by atoms with van der Waals surface area (Å²) in [6.45, 7) is 0.584. The first-order valence-electron chi connectivity index (χ1n) is 3.12. The summed E-state index contributed by atoms with van der Waals surface area (Å²) in [5.41, 5.74) is 6.38. The Hall–Kier alpha value is 0.383. The molecule has 0 atom stereocenters. The van der Waals surface area contributed by atoms with Gasteiger partial charge in [-0.1, -0.05) is 24.3 Å². The van der Waals surface area contributed by atoms with Crippen LogP contribution in [0.4, 0.5) is 0 Å². The molecule has 1 aromatic rings. The minimum atomic E-state index is -0.931. The van der Waals surface area contributed by atoms with E-state index in [1.54, 1.807) is 0 Å². The number of nitrogens with two attached hydrogens (primary N) is 1. The standard InChI is InChI=1S/C7H8N.2ClH.Zn/c8-6-7-4-2-1-3-5-7;;;/h1-4H,6,8H2;2*1H;/q;;;+2/p-2. The molecule has 0 aliphatic carbocycles. The van der Waals surface area contributed by atoms with Crippen molar-refractivity contribution in [1.82, 2.24) is 0 Å². The molecule has 57 valence electrons. The normalized spacial score (nSPS) is 7.55. The van der Waals surface area contributed by atoms with Crippen molar-refractivity contribution in [2.24, 2.45) is 5.73 Å². The summed E-state index contributed by atoms with van der Waals surface area (Å²) >= 11 is -0.931. The molecular weight excluding hydrogens is 234 g/mol. The van der Waals surface area contributed by atoms with Crippen LogP contribution < -0.4 is 5.73 Å². The molecule has 0 saturated heterocycles. The van der Waals surface area contributed by atoms with Gasteiger partial charge in [0.1, 0.15) is 0 Å². The molecule has 0 saturated carbocycles. The molecule has 0 aliphatic heterocycles. The van der Waals surface area contributed by atoms with Crippen LogP contribution in [0.25, 0.3) is 0 Å². The van der Waals surface area contributed by atoms with Crippen molar-refractivity contribution in [3.05, 3.63) is 35.9 Å². The van der Waals surface area contributed by atoms with Crippen LogP contribution in [0.15, 0.2) is 24.3 Å². The van der Waals surface area contributed by atoms with E-state index in [1.807, 2.05) is 24.3 Å². The van der Waals surface area contributed by atoms with Crippen molar-refractivity contribution in [1.29, 1.82) is 0 Å². The van der Waals surface area contributed by atoms with E-state index in [9.17, 15) is 0 Å². The third kappa shape index (κ3) is 6.77. The van der Waals surface area contributed by atoms with Crippen LogP contribution in [-0.4, -0.2) is 0 Å². The predicted molar refractivity (Wildman–Crippen MR) is 44.9 cm³/mol. The average molecular weight is 242 g/mol. The van der Waals surface area contributed by atoms with Crippen LogP contribution in [0.5, 0.6) is 0 Å². The predicted octanol–water partition coefficient (Wildman–Crippen LogP) is 2.32. The minimum absolute atomic E-state index is 0.584. The van der Waals surface area contributed by atoms with Gasteiger partial charge in [0.15, 0.2) is 0 Å². The second kappa shape index (κ2) is 8.48. The molecule has 1 aromatic carbocycles. The quantitative estimate of drug-likeness (QED) is 0.752. The molecule has 0 aromatic heterocycles. The summed E-state index contributed by atoms with van der Waals surface area (Å²) < 4.78 is 0. The number of hydrogen-bond donors (Lipinski definition) is 1. The van der Waals surface area contributed by atoms with Crippen molar-refractivity contribution in [2.75, 3.05) is 0 Å². The van der Waals surface area contributed by atoms with Crippen molar-refractivity contribution in [3.63, 3.8) is 0 Å². The van der Waals surface area contributed by atoms with Crippen LogP contribution in [0.1, 0.15) is 5.56 Å². The van der Waals surface area contributed by atoms with Crippen LogP contribution in [-0.2, 0) is 21.7 Å². The van der Waals surface area contributed by atoms with Gasteiger partial charge in [-0.3, -0.25) is 0 Å². The molecule has 0 aliphatic rings. The van der Waals surface area contributed by atoms with E-state index in [4.69, 9.17) is 25.1 Å². The number of hydrogen-bond acceptors (Lipinski definition) is 1. The zero-order valence-electron chi connectivity index (χ0n) is 6.06. The van der Waals surface area contributed by atoms with Gasteiger partial charge in [0.2, 0.25) is 0 Å². The molecule has 1 radical (unpaired) electrons. The van der Waals surface area contributed by atoms with E-state index in [0.717, 1.165) is 5.56 Å².